The minimum atomic E-state index is 0.190. The normalized spacial score (nSPS) is 10.0. The molecule has 0 aliphatic heterocycles. The number of alkyl halides is 1. The van der Waals surface area contributed by atoms with E-state index >= 15 is 0 Å². The Hall–Kier alpha value is -0.190. The molecule has 0 bridgehead atoms. The zero-order valence-electron chi connectivity index (χ0n) is 5.43. The summed E-state index contributed by atoms with van der Waals surface area (Å²) < 4.78 is 1.36. The number of rotatable bonds is 1. The molecule has 0 amide bonds. The predicted octanol–water partition coefficient (Wildman–Crippen LogP) is -2.33. The zero-order valence-corrected chi connectivity index (χ0v) is 7.58. The molecule has 0 aliphatic rings. The van der Waals surface area contributed by atoms with Crippen LogP contribution in [0.5, 0.6) is 0 Å². The Bertz CT molecular complexity index is 200. The van der Waals surface area contributed by atoms with Crippen molar-refractivity contribution in [2.24, 2.45) is 0 Å². The Morgan fingerprint density at radius 1 is 1.56 bits per heavy atom. The Morgan fingerprint density at radius 2 is 2.33 bits per heavy atom. The first kappa shape index (κ1) is 6.92. The van der Waals surface area contributed by atoms with Crippen LogP contribution in [0.25, 0.3) is 0 Å². The Morgan fingerprint density at radius 3 is 2.78 bits per heavy atom. The van der Waals surface area contributed by atoms with Crippen molar-refractivity contribution in [3.8, 4) is 0 Å². The van der Waals surface area contributed by atoms with E-state index < -0.39 is 0 Å². The van der Waals surface area contributed by atoms with Crippen LogP contribution in [-0.4, -0.2) is 15.1 Å². The van der Waals surface area contributed by atoms with Crippen LogP contribution in [0.4, 0.5) is 0 Å². The fraction of sp³-hybridized carbons (Fsp3) is 0.333. The van der Waals surface area contributed by atoms with E-state index in [1.165, 1.54) is 3.57 Å². The maximum absolute atomic E-state index is 3.86. The quantitative estimate of drug-likeness (QED) is 0.403. The summed E-state index contributed by atoms with van der Waals surface area (Å²) in [6, 6.07) is 2.10. The number of aromatic nitrogens is 2. The second kappa shape index (κ2) is 3.10. The monoisotopic (exact) mass is 235 g/mol. The van der Waals surface area contributed by atoms with E-state index in [1.54, 1.807) is 0 Å². The van der Waals surface area contributed by atoms with E-state index in [0.29, 0.717) is 0 Å². The minimum absolute atomic E-state index is 0.190. The molecule has 9 heavy (non-hydrogen) atoms. The first-order valence-corrected chi connectivity index (χ1v) is 5.85. The molecule has 1 rings (SSSR count). The average molecular weight is 235 g/mol. The molecule has 1 aromatic heterocycles. The molecular formula is C6H8IN2-. The Labute approximate surface area is 65.0 Å². The molecule has 0 aromatic carbocycles. The second-order valence-corrected chi connectivity index (χ2v) is 4.03. The van der Waals surface area contributed by atoms with E-state index in [4.69, 9.17) is 0 Å². The third-order valence-corrected chi connectivity index (χ3v) is 2.80. The maximum atomic E-state index is 3.86. The van der Waals surface area contributed by atoms with Gasteiger partial charge in [0, 0.05) is 0 Å². The van der Waals surface area contributed by atoms with Crippen LogP contribution in [0.1, 0.15) is 5.69 Å². The van der Waals surface area contributed by atoms with Gasteiger partial charge in [-0.3, -0.25) is 0 Å². The zero-order chi connectivity index (χ0) is 6.69. The van der Waals surface area contributed by atoms with Crippen LogP contribution in [0.3, 0.4) is 0 Å². The van der Waals surface area contributed by atoms with Gasteiger partial charge in [-0.05, 0) is 0 Å². The van der Waals surface area contributed by atoms with E-state index in [2.05, 4.69) is 21.2 Å². The van der Waals surface area contributed by atoms with Crippen LogP contribution in [0.15, 0.2) is 12.3 Å². The van der Waals surface area contributed by atoms with Gasteiger partial charge >= 0.3 is 64.8 Å². The number of hydrogen-bond donors (Lipinski definition) is 0. The molecule has 0 fully saturated rings. The molecular weight excluding hydrogens is 227 g/mol. The standard InChI is InChI=1S/C6H8IN2/c1-5-3-6(7-2)4-8-9-5/h3-4H,1-2H3/q-1. The third-order valence-electron chi connectivity index (χ3n) is 0.962. The van der Waals surface area contributed by atoms with Crippen LogP contribution in [-0.2, 0) is 0 Å². The van der Waals surface area contributed by atoms with Gasteiger partial charge in [-0.2, -0.15) is 0 Å². The summed E-state index contributed by atoms with van der Waals surface area (Å²) in [6.07, 6.45) is 1.85. The summed E-state index contributed by atoms with van der Waals surface area (Å²) in [6.45, 7) is 1.97. The van der Waals surface area contributed by atoms with E-state index in [0.717, 1.165) is 5.69 Å². The second-order valence-electron chi connectivity index (χ2n) is 1.70. The van der Waals surface area contributed by atoms with Crippen LogP contribution >= 0.6 is 0 Å². The van der Waals surface area contributed by atoms with Gasteiger partial charge in [-0.1, -0.05) is 0 Å². The topological polar surface area (TPSA) is 25.8 Å². The van der Waals surface area contributed by atoms with Crippen molar-refractivity contribution in [1.29, 1.82) is 0 Å². The number of halogens is 1. The number of hydrogen-bond acceptors (Lipinski definition) is 2. The first-order valence-electron chi connectivity index (χ1n) is 2.61. The van der Waals surface area contributed by atoms with Crippen LogP contribution in [0.2, 0.25) is 0 Å². The first-order chi connectivity index (χ1) is 4.33. The van der Waals surface area contributed by atoms with E-state index in [9.17, 15) is 0 Å². The van der Waals surface area contributed by atoms with Gasteiger partial charge in [0.25, 0.3) is 0 Å². The molecule has 0 spiro atoms. The van der Waals surface area contributed by atoms with Crippen LogP contribution in [0, 0.1) is 10.5 Å². The third kappa shape index (κ3) is 1.89. The molecule has 3 heteroatoms. The SMILES string of the molecule is C[I-]c1cnnc(C)c1. The Balaban J connectivity index is 2.94. The number of nitrogens with zero attached hydrogens (tertiary/aromatic N) is 2. The summed E-state index contributed by atoms with van der Waals surface area (Å²) in [5.41, 5.74) is 1.02. The van der Waals surface area contributed by atoms with Gasteiger partial charge in [-0.15, -0.1) is 0 Å². The van der Waals surface area contributed by atoms with E-state index in [-0.39, 0.29) is 21.2 Å². The van der Waals surface area contributed by atoms with Crippen LogP contribution < -0.4 is 21.2 Å². The van der Waals surface area contributed by atoms with Crippen molar-refractivity contribution in [3.05, 3.63) is 21.5 Å². The summed E-state index contributed by atoms with van der Waals surface area (Å²) in [4.78, 5) is 2.22. The van der Waals surface area contributed by atoms with E-state index in [1.807, 2.05) is 13.1 Å². The van der Waals surface area contributed by atoms with Crippen molar-refractivity contribution in [3.63, 3.8) is 0 Å². The van der Waals surface area contributed by atoms with Crippen molar-refractivity contribution in [2.45, 2.75) is 6.92 Å². The summed E-state index contributed by atoms with van der Waals surface area (Å²) >= 11 is 0.190. The Kier molecular flexibility index (Phi) is 2.38. The summed E-state index contributed by atoms with van der Waals surface area (Å²) in [5.74, 6) is 0. The predicted molar refractivity (Wildman–Crippen MR) is 31.4 cm³/mol. The molecule has 2 nitrogen and oxygen atoms in total. The average Bonchev–Trinajstić information content (AvgIpc) is 1.88. The van der Waals surface area contributed by atoms with Crippen molar-refractivity contribution in [1.82, 2.24) is 10.2 Å². The fourth-order valence-electron chi connectivity index (χ4n) is 0.544. The molecule has 1 heterocycles. The molecule has 0 saturated heterocycles. The van der Waals surface area contributed by atoms with Gasteiger partial charge in [0.2, 0.25) is 0 Å². The molecule has 0 radical (unpaired) electrons. The van der Waals surface area contributed by atoms with Gasteiger partial charge < -0.3 is 0 Å². The molecule has 0 N–H and O–H groups in total. The molecule has 0 atom stereocenters. The number of aryl methyl sites for hydroxylation is 1. The summed E-state index contributed by atoms with van der Waals surface area (Å²) in [7, 11) is 0. The van der Waals surface area contributed by atoms with Gasteiger partial charge in [0.15, 0.2) is 0 Å². The molecule has 1 aromatic rings. The molecule has 50 valence electrons. The fourth-order valence-corrected chi connectivity index (χ4v) is 1.71. The molecule has 0 unspecified atom stereocenters. The molecule has 0 saturated carbocycles. The van der Waals surface area contributed by atoms with Crippen molar-refractivity contribution >= 4 is 0 Å². The van der Waals surface area contributed by atoms with Crippen molar-refractivity contribution in [2.75, 3.05) is 4.93 Å². The van der Waals surface area contributed by atoms with Gasteiger partial charge in [0.05, 0.1) is 0 Å². The van der Waals surface area contributed by atoms with Gasteiger partial charge in [0.1, 0.15) is 0 Å². The summed E-state index contributed by atoms with van der Waals surface area (Å²) in [5, 5.41) is 7.69. The van der Waals surface area contributed by atoms with Crippen molar-refractivity contribution < 1.29 is 21.2 Å². The van der Waals surface area contributed by atoms with Gasteiger partial charge in [-0.25, -0.2) is 0 Å². The molecule has 0 aliphatic carbocycles.